The van der Waals surface area contributed by atoms with E-state index in [-0.39, 0.29) is 24.7 Å². The molecule has 0 aliphatic heterocycles. The first-order chi connectivity index (χ1) is 15.3. The molecule has 4 nitrogen and oxygen atoms in total. The topological polar surface area (TPSA) is 69.9 Å². The quantitative estimate of drug-likeness (QED) is 0.503. The van der Waals surface area contributed by atoms with Crippen LogP contribution in [0.2, 0.25) is 0 Å². The third-order valence-corrected chi connectivity index (χ3v) is 6.90. The minimum absolute atomic E-state index is 0.0870. The van der Waals surface area contributed by atoms with Crippen molar-refractivity contribution in [2.45, 2.75) is 72.1 Å². The number of rotatable bonds is 9. The molecule has 0 fully saturated rings. The van der Waals surface area contributed by atoms with Gasteiger partial charge in [-0.3, -0.25) is 0 Å². The fourth-order valence-corrected chi connectivity index (χ4v) is 4.47. The zero-order valence-corrected chi connectivity index (χ0v) is 19.6. The summed E-state index contributed by atoms with van der Waals surface area (Å²) in [5.41, 5.74) is 4.68. The summed E-state index contributed by atoms with van der Waals surface area (Å²) in [4.78, 5) is 0. The molecule has 0 spiro atoms. The van der Waals surface area contributed by atoms with Crippen molar-refractivity contribution >= 4 is 5.57 Å². The van der Waals surface area contributed by atoms with Crippen molar-refractivity contribution < 1.29 is 20.1 Å². The van der Waals surface area contributed by atoms with E-state index in [1.807, 2.05) is 50.3 Å². The normalized spacial score (nSPS) is 18.0. The van der Waals surface area contributed by atoms with Crippen molar-refractivity contribution in [2.24, 2.45) is 5.41 Å². The summed E-state index contributed by atoms with van der Waals surface area (Å²) < 4.78 is 6.31. The van der Waals surface area contributed by atoms with Crippen LogP contribution in [0.15, 0.2) is 60.7 Å². The minimum Gasteiger partial charge on any atom is -0.392 e. The van der Waals surface area contributed by atoms with Gasteiger partial charge in [0.2, 0.25) is 0 Å². The summed E-state index contributed by atoms with van der Waals surface area (Å²) in [6, 6.07) is 13.9. The predicted octanol–water partition coefficient (Wildman–Crippen LogP) is 5.24. The van der Waals surface area contributed by atoms with E-state index in [2.05, 4.69) is 38.1 Å². The highest BCUT2D eigenvalue weighted by Crippen LogP contribution is 2.43. The van der Waals surface area contributed by atoms with Crippen LogP contribution in [0, 0.1) is 5.41 Å². The van der Waals surface area contributed by atoms with Crippen molar-refractivity contribution in [2.75, 3.05) is 0 Å². The molecule has 1 atom stereocenters. The van der Waals surface area contributed by atoms with Crippen LogP contribution in [0.5, 0.6) is 0 Å². The molecule has 4 heteroatoms. The molecule has 0 amide bonds. The van der Waals surface area contributed by atoms with Crippen LogP contribution in [0.1, 0.15) is 68.4 Å². The van der Waals surface area contributed by atoms with E-state index in [9.17, 15) is 15.3 Å². The Morgan fingerprint density at radius 3 is 2.19 bits per heavy atom. The lowest BCUT2D eigenvalue weighted by Crippen LogP contribution is -2.33. The van der Waals surface area contributed by atoms with Gasteiger partial charge < -0.3 is 20.1 Å². The smallest absolute Gasteiger partial charge is 0.0891 e. The Bertz CT molecular complexity index is 965. The lowest BCUT2D eigenvalue weighted by Gasteiger charge is -2.37. The van der Waals surface area contributed by atoms with Crippen LogP contribution in [-0.2, 0) is 30.2 Å². The second-order valence-electron chi connectivity index (χ2n) is 9.15. The maximum absolute atomic E-state index is 10.8. The van der Waals surface area contributed by atoms with Gasteiger partial charge in [-0.1, -0.05) is 88.4 Å². The second-order valence-corrected chi connectivity index (χ2v) is 9.15. The third-order valence-electron chi connectivity index (χ3n) is 6.90. The Labute approximate surface area is 191 Å². The number of allylic oxidation sites excluding steroid dienone is 2. The van der Waals surface area contributed by atoms with Gasteiger partial charge in [-0.2, -0.15) is 0 Å². The lowest BCUT2D eigenvalue weighted by molar-refractivity contribution is 0.0189. The van der Waals surface area contributed by atoms with Crippen LogP contribution >= 0.6 is 0 Å². The molecule has 0 saturated carbocycles. The Balaban J connectivity index is 1.76. The summed E-state index contributed by atoms with van der Waals surface area (Å²) >= 11 is 0. The zero-order chi connectivity index (χ0) is 23.4. The van der Waals surface area contributed by atoms with Crippen LogP contribution < -0.4 is 0 Å². The highest BCUT2D eigenvalue weighted by Gasteiger charge is 2.35. The summed E-state index contributed by atoms with van der Waals surface area (Å²) in [6.45, 7) is 8.62. The molecular weight excluding hydrogens is 400 g/mol. The first-order valence-electron chi connectivity index (χ1n) is 11.4. The van der Waals surface area contributed by atoms with Crippen molar-refractivity contribution in [3.63, 3.8) is 0 Å². The number of benzene rings is 2. The number of hydrogen-bond acceptors (Lipinski definition) is 4. The number of hydrogen-bond donors (Lipinski definition) is 3. The summed E-state index contributed by atoms with van der Waals surface area (Å²) in [7, 11) is 0. The molecule has 1 unspecified atom stereocenters. The standard InChI is InChI=1S/C28H36O4/c1-5-28(31,6-2)24-14-12-21(13-15-24)25-8-7-9-26(27(25,3)4)32-19-20-10-11-22(17-29)23(16-20)18-30/h7-16,26,29-31H,5-6,17-19H2,1-4H3. The van der Waals surface area contributed by atoms with Gasteiger partial charge in [0.05, 0.1) is 31.5 Å². The monoisotopic (exact) mass is 436 g/mol. The second kappa shape index (κ2) is 10.1. The fourth-order valence-electron chi connectivity index (χ4n) is 4.47. The molecule has 1 aliphatic carbocycles. The SMILES string of the molecule is CCC(O)(CC)c1ccc(C2=CC=CC(OCc3ccc(CO)c(CO)c3)C2(C)C)cc1. The summed E-state index contributed by atoms with van der Waals surface area (Å²) in [5.74, 6) is 0. The lowest BCUT2D eigenvalue weighted by atomic mass is 9.73. The maximum Gasteiger partial charge on any atom is 0.0891 e. The third kappa shape index (κ3) is 4.89. The van der Waals surface area contributed by atoms with Gasteiger partial charge in [-0.25, -0.2) is 0 Å². The molecule has 2 aromatic carbocycles. The van der Waals surface area contributed by atoms with Crippen LogP contribution in [0.25, 0.3) is 5.57 Å². The average Bonchev–Trinajstić information content (AvgIpc) is 2.82. The molecular formula is C28H36O4. The van der Waals surface area contributed by atoms with Crippen molar-refractivity contribution in [3.05, 3.63) is 88.5 Å². The van der Waals surface area contributed by atoms with E-state index in [1.165, 1.54) is 5.57 Å². The van der Waals surface area contributed by atoms with Gasteiger partial charge in [0.15, 0.2) is 0 Å². The van der Waals surface area contributed by atoms with Gasteiger partial charge in [0, 0.05) is 5.41 Å². The number of aliphatic hydroxyl groups excluding tert-OH is 2. The molecule has 172 valence electrons. The molecule has 2 aromatic rings. The fraction of sp³-hybridized carbons (Fsp3) is 0.429. The molecule has 3 N–H and O–H groups in total. The Hall–Kier alpha value is -2.24. The molecule has 0 heterocycles. The molecule has 1 aliphatic rings. The average molecular weight is 437 g/mol. The van der Waals surface area contributed by atoms with E-state index >= 15 is 0 Å². The highest BCUT2D eigenvalue weighted by molar-refractivity contribution is 5.73. The molecule has 3 rings (SSSR count). The Morgan fingerprint density at radius 1 is 0.938 bits per heavy atom. The van der Waals surface area contributed by atoms with Gasteiger partial charge in [-0.15, -0.1) is 0 Å². The molecule has 0 aromatic heterocycles. The number of ether oxygens (including phenoxy) is 1. The molecule has 0 bridgehead atoms. The number of aliphatic hydroxyl groups is 3. The Morgan fingerprint density at radius 2 is 1.59 bits per heavy atom. The van der Waals surface area contributed by atoms with E-state index < -0.39 is 5.60 Å². The largest absolute Gasteiger partial charge is 0.392 e. The van der Waals surface area contributed by atoms with Crippen LogP contribution in [0.3, 0.4) is 0 Å². The first-order valence-corrected chi connectivity index (χ1v) is 11.4. The first kappa shape index (κ1) is 24.4. The van der Waals surface area contributed by atoms with Gasteiger partial charge in [0.1, 0.15) is 0 Å². The van der Waals surface area contributed by atoms with E-state index in [0.29, 0.717) is 19.4 Å². The van der Waals surface area contributed by atoms with Gasteiger partial charge in [0.25, 0.3) is 0 Å². The van der Waals surface area contributed by atoms with Crippen LogP contribution in [0.4, 0.5) is 0 Å². The van der Waals surface area contributed by atoms with Crippen molar-refractivity contribution in [1.29, 1.82) is 0 Å². The molecule has 0 radical (unpaired) electrons. The van der Waals surface area contributed by atoms with Gasteiger partial charge >= 0.3 is 0 Å². The zero-order valence-electron chi connectivity index (χ0n) is 19.6. The van der Waals surface area contributed by atoms with E-state index in [1.54, 1.807) is 0 Å². The summed E-state index contributed by atoms with van der Waals surface area (Å²) in [5, 5.41) is 29.8. The van der Waals surface area contributed by atoms with Crippen molar-refractivity contribution in [1.82, 2.24) is 0 Å². The maximum atomic E-state index is 10.8. The minimum atomic E-state index is -0.778. The molecule has 0 saturated heterocycles. The van der Waals surface area contributed by atoms with E-state index in [4.69, 9.17) is 4.74 Å². The van der Waals surface area contributed by atoms with Crippen LogP contribution in [-0.4, -0.2) is 21.4 Å². The Kier molecular flexibility index (Phi) is 7.73. The summed E-state index contributed by atoms with van der Waals surface area (Å²) in [6.07, 6.45) is 7.53. The molecule has 32 heavy (non-hydrogen) atoms. The predicted molar refractivity (Wildman–Crippen MR) is 129 cm³/mol. The highest BCUT2D eigenvalue weighted by atomic mass is 16.5. The van der Waals surface area contributed by atoms with Gasteiger partial charge in [-0.05, 0) is 46.2 Å². The van der Waals surface area contributed by atoms with E-state index in [0.717, 1.165) is 27.8 Å². The van der Waals surface area contributed by atoms with Crippen molar-refractivity contribution in [3.8, 4) is 0 Å².